The summed E-state index contributed by atoms with van der Waals surface area (Å²) in [7, 11) is 1.74. The highest BCUT2D eigenvalue weighted by atomic mass is 16.2. The van der Waals surface area contributed by atoms with E-state index in [0.717, 1.165) is 44.1 Å². The van der Waals surface area contributed by atoms with E-state index >= 15 is 0 Å². The predicted octanol–water partition coefficient (Wildman–Crippen LogP) is 0.750. The summed E-state index contributed by atoms with van der Waals surface area (Å²) >= 11 is 0. The Hall–Kier alpha value is -2.48. The van der Waals surface area contributed by atoms with Crippen LogP contribution in [0.5, 0.6) is 0 Å². The van der Waals surface area contributed by atoms with E-state index in [2.05, 4.69) is 31.6 Å². The molecule has 2 amide bonds. The van der Waals surface area contributed by atoms with Crippen LogP contribution in [0.25, 0.3) is 0 Å². The van der Waals surface area contributed by atoms with Gasteiger partial charge in [0.1, 0.15) is 0 Å². The molecule has 2 N–H and O–H groups in total. The van der Waals surface area contributed by atoms with Crippen molar-refractivity contribution < 1.29 is 9.59 Å². The van der Waals surface area contributed by atoms with Crippen LogP contribution in [0.1, 0.15) is 37.8 Å². The van der Waals surface area contributed by atoms with Gasteiger partial charge in [0.05, 0.1) is 5.69 Å². The molecular formula is C20H30N6O2. The Morgan fingerprint density at radius 3 is 2.61 bits per heavy atom. The summed E-state index contributed by atoms with van der Waals surface area (Å²) < 4.78 is 0. The summed E-state index contributed by atoms with van der Waals surface area (Å²) in [6.45, 7) is 3.82. The fourth-order valence-corrected chi connectivity index (χ4v) is 3.68. The van der Waals surface area contributed by atoms with Gasteiger partial charge in [-0.2, -0.15) is 0 Å². The van der Waals surface area contributed by atoms with Crippen molar-refractivity contribution in [2.75, 3.05) is 33.2 Å². The molecule has 28 heavy (non-hydrogen) atoms. The third kappa shape index (κ3) is 5.76. The summed E-state index contributed by atoms with van der Waals surface area (Å²) in [6, 6.07) is 6.39. The Bertz CT molecular complexity index is 669. The molecule has 2 saturated heterocycles. The Kier molecular flexibility index (Phi) is 7.36. The van der Waals surface area contributed by atoms with E-state index in [-0.39, 0.29) is 11.8 Å². The second-order valence-corrected chi connectivity index (χ2v) is 7.31. The first-order chi connectivity index (χ1) is 13.7. The number of nitrogens with one attached hydrogen (secondary N) is 2. The lowest BCUT2D eigenvalue weighted by Crippen LogP contribution is -2.50. The molecule has 2 fully saturated rings. The van der Waals surface area contributed by atoms with Crippen molar-refractivity contribution in [3.05, 3.63) is 30.1 Å². The summed E-state index contributed by atoms with van der Waals surface area (Å²) in [5.74, 6) is 0.586. The van der Waals surface area contributed by atoms with E-state index in [9.17, 15) is 9.59 Å². The number of pyridine rings is 1. The van der Waals surface area contributed by atoms with Crippen molar-refractivity contribution in [3.63, 3.8) is 0 Å². The van der Waals surface area contributed by atoms with E-state index in [1.165, 1.54) is 4.90 Å². The minimum atomic E-state index is -0.0683. The summed E-state index contributed by atoms with van der Waals surface area (Å²) in [5, 5.41) is 6.68. The van der Waals surface area contributed by atoms with Crippen molar-refractivity contribution >= 4 is 17.8 Å². The zero-order chi connectivity index (χ0) is 19.8. The number of aliphatic imine (C=N–C) groups is 1. The monoisotopic (exact) mass is 386 g/mol. The molecule has 3 rings (SSSR count). The van der Waals surface area contributed by atoms with Crippen LogP contribution in [0.2, 0.25) is 0 Å². The first-order valence-corrected chi connectivity index (χ1v) is 10.1. The third-order valence-corrected chi connectivity index (χ3v) is 5.28. The highest BCUT2D eigenvalue weighted by Crippen LogP contribution is 2.13. The molecule has 0 spiro atoms. The largest absolute Gasteiger partial charge is 0.355 e. The number of nitrogens with zero attached hydrogens (tertiary/aromatic N) is 4. The van der Waals surface area contributed by atoms with Crippen LogP contribution in [-0.4, -0.2) is 71.8 Å². The molecule has 0 aliphatic carbocycles. The first-order valence-electron chi connectivity index (χ1n) is 10.1. The molecule has 0 saturated carbocycles. The lowest BCUT2D eigenvalue weighted by Gasteiger charge is -2.33. The van der Waals surface area contributed by atoms with Gasteiger partial charge in [0.25, 0.3) is 0 Å². The number of guanidine groups is 1. The number of piperidine rings is 2. The van der Waals surface area contributed by atoms with E-state index in [1.807, 2.05) is 18.3 Å². The average molecular weight is 387 g/mol. The van der Waals surface area contributed by atoms with Gasteiger partial charge in [-0.25, -0.2) is 0 Å². The Morgan fingerprint density at radius 1 is 1.21 bits per heavy atom. The van der Waals surface area contributed by atoms with Gasteiger partial charge >= 0.3 is 0 Å². The van der Waals surface area contributed by atoms with Crippen molar-refractivity contribution in [1.29, 1.82) is 0 Å². The molecule has 3 heterocycles. The Labute approximate surface area is 166 Å². The Morgan fingerprint density at radius 2 is 1.96 bits per heavy atom. The second kappa shape index (κ2) is 10.2. The predicted molar refractivity (Wildman–Crippen MR) is 108 cm³/mol. The molecule has 0 bridgehead atoms. The smallest absolute Gasteiger partial charge is 0.229 e. The van der Waals surface area contributed by atoms with Gasteiger partial charge in [0.2, 0.25) is 11.8 Å². The number of imide groups is 1. The lowest BCUT2D eigenvalue weighted by molar-refractivity contribution is -0.147. The average Bonchev–Trinajstić information content (AvgIpc) is 2.71. The van der Waals surface area contributed by atoms with Crippen LogP contribution in [0.4, 0.5) is 0 Å². The van der Waals surface area contributed by atoms with E-state index in [0.29, 0.717) is 38.4 Å². The first kappa shape index (κ1) is 20.3. The standard InChI is InChI=1S/C20H30N6O2/c1-21-20(23-11-14-26-18(27)6-4-7-19(26)28)24-16-8-12-25(13-9-16)15-17-5-2-3-10-22-17/h2-3,5,10,16H,4,6-9,11-15H2,1H3,(H2,21,23,24). The van der Waals surface area contributed by atoms with Crippen molar-refractivity contribution in [2.24, 2.45) is 4.99 Å². The number of carbonyl (C=O) groups is 2. The van der Waals surface area contributed by atoms with E-state index in [1.54, 1.807) is 7.05 Å². The van der Waals surface area contributed by atoms with Crippen LogP contribution >= 0.6 is 0 Å². The van der Waals surface area contributed by atoms with E-state index < -0.39 is 0 Å². The van der Waals surface area contributed by atoms with Crippen LogP contribution in [0.3, 0.4) is 0 Å². The fraction of sp³-hybridized carbons (Fsp3) is 0.600. The van der Waals surface area contributed by atoms with Gasteiger partial charge < -0.3 is 10.6 Å². The molecule has 2 aliphatic rings. The molecular weight excluding hydrogens is 356 g/mol. The summed E-state index contributed by atoms with van der Waals surface area (Å²) in [5.41, 5.74) is 1.10. The molecule has 0 radical (unpaired) electrons. The van der Waals surface area contributed by atoms with Crippen molar-refractivity contribution in [2.45, 2.75) is 44.7 Å². The summed E-state index contributed by atoms with van der Waals surface area (Å²) in [6.07, 6.45) is 5.52. The van der Waals surface area contributed by atoms with Gasteiger partial charge in [-0.3, -0.25) is 29.4 Å². The second-order valence-electron chi connectivity index (χ2n) is 7.31. The van der Waals surface area contributed by atoms with Crippen molar-refractivity contribution in [1.82, 2.24) is 25.4 Å². The van der Waals surface area contributed by atoms with Gasteiger partial charge in [-0.15, -0.1) is 0 Å². The number of aromatic nitrogens is 1. The maximum Gasteiger partial charge on any atom is 0.229 e. The SMILES string of the molecule is CN=C(NCCN1C(=O)CCCC1=O)NC1CCN(Cc2ccccn2)CC1. The quantitative estimate of drug-likeness (QED) is 0.426. The molecule has 0 atom stereocenters. The van der Waals surface area contributed by atoms with Gasteiger partial charge in [0.15, 0.2) is 5.96 Å². The number of likely N-dealkylation sites (tertiary alicyclic amines) is 2. The number of rotatable bonds is 6. The fourth-order valence-electron chi connectivity index (χ4n) is 3.68. The zero-order valence-corrected chi connectivity index (χ0v) is 16.6. The number of hydrogen-bond acceptors (Lipinski definition) is 5. The third-order valence-electron chi connectivity index (χ3n) is 5.28. The van der Waals surface area contributed by atoms with Gasteiger partial charge in [0, 0.05) is 64.9 Å². The number of hydrogen-bond donors (Lipinski definition) is 2. The van der Waals surface area contributed by atoms with E-state index in [4.69, 9.17) is 0 Å². The minimum absolute atomic E-state index is 0.0683. The minimum Gasteiger partial charge on any atom is -0.355 e. The van der Waals surface area contributed by atoms with Gasteiger partial charge in [-0.1, -0.05) is 6.07 Å². The topological polar surface area (TPSA) is 89.9 Å². The molecule has 152 valence electrons. The molecule has 2 aliphatic heterocycles. The highest BCUT2D eigenvalue weighted by molar-refractivity contribution is 5.97. The van der Waals surface area contributed by atoms with Gasteiger partial charge in [-0.05, 0) is 31.4 Å². The van der Waals surface area contributed by atoms with Crippen LogP contribution in [-0.2, 0) is 16.1 Å². The van der Waals surface area contributed by atoms with Crippen LogP contribution < -0.4 is 10.6 Å². The summed E-state index contributed by atoms with van der Waals surface area (Å²) in [4.78, 5) is 36.2. The number of carbonyl (C=O) groups excluding carboxylic acids is 2. The van der Waals surface area contributed by atoms with Crippen LogP contribution in [0, 0.1) is 0 Å². The molecule has 0 aromatic carbocycles. The highest BCUT2D eigenvalue weighted by Gasteiger charge is 2.25. The van der Waals surface area contributed by atoms with Crippen molar-refractivity contribution in [3.8, 4) is 0 Å². The maximum atomic E-state index is 11.9. The Balaban J connectivity index is 1.37. The molecule has 8 heteroatoms. The lowest BCUT2D eigenvalue weighted by atomic mass is 10.0. The maximum absolute atomic E-state index is 11.9. The normalized spacial score (nSPS) is 19.8. The number of amides is 2. The molecule has 1 aromatic rings. The van der Waals surface area contributed by atoms with Crippen LogP contribution in [0.15, 0.2) is 29.4 Å². The zero-order valence-electron chi connectivity index (χ0n) is 16.6. The molecule has 8 nitrogen and oxygen atoms in total. The molecule has 1 aromatic heterocycles. The molecule has 0 unspecified atom stereocenters.